The average molecular weight is 321 g/mol. The Bertz CT molecular complexity index is 379. The van der Waals surface area contributed by atoms with Crippen LogP contribution in [0.5, 0.6) is 5.75 Å². The van der Waals surface area contributed by atoms with Gasteiger partial charge in [0.05, 0.1) is 6.61 Å². The van der Waals surface area contributed by atoms with Gasteiger partial charge in [0.15, 0.2) is 0 Å². The third kappa shape index (κ3) is 5.94. The van der Waals surface area contributed by atoms with E-state index in [0.29, 0.717) is 13.1 Å². The molecule has 0 aliphatic carbocycles. The second-order valence-corrected chi connectivity index (χ2v) is 4.06. The number of hydrogen-bond donors (Lipinski definition) is 2. The summed E-state index contributed by atoms with van der Waals surface area (Å²) in [5.41, 5.74) is 1.01. The first-order valence-electron chi connectivity index (χ1n) is 4.94. The molecule has 2 N–H and O–H groups in total. The van der Waals surface area contributed by atoms with Crippen molar-refractivity contribution in [3.63, 3.8) is 0 Å². The predicted molar refractivity (Wildman–Crippen MR) is 74.5 cm³/mol. The molecule has 0 aromatic heterocycles. The van der Waals surface area contributed by atoms with Gasteiger partial charge in [-0.15, -0.1) is 18.8 Å². The summed E-state index contributed by atoms with van der Waals surface area (Å²) >= 11 is 3.40. The Morgan fingerprint density at radius 2 is 2.24 bits per heavy atom. The summed E-state index contributed by atoms with van der Waals surface area (Å²) in [6, 6.07) is 5.75. The molecule has 0 amide bonds. The van der Waals surface area contributed by atoms with Gasteiger partial charge in [-0.2, -0.15) is 0 Å². The van der Waals surface area contributed by atoms with Crippen LogP contribution in [0.4, 0.5) is 0 Å². The van der Waals surface area contributed by atoms with Crippen LogP contribution in [0.2, 0.25) is 0 Å². The van der Waals surface area contributed by atoms with E-state index in [0.717, 1.165) is 15.8 Å². The van der Waals surface area contributed by atoms with Crippen molar-refractivity contribution in [2.24, 2.45) is 0 Å². The summed E-state index contributed by atoms with van der Waals surface area (Å²) in [5.74, 6) is 3.20. The molecule has 5 heteroatoms. The number of ether oxygens (including phenoxy) is 1. The minimum atomic E-state index is 0. The SMILES string of the molecule is C#CCOc1ccc(Br)cc1CNCCO.Cl. The average Bonchev–Trinajstić information content (AvgIpc) is 2.28. The molecule has 1 aromatic rings. The molecule has 0 radical (unpaired) electrons. The van der Waals surface area contributed by atoms with Crippen LogP contribution in [0, 0.1) is 12.3 Å². The monoisotopic (exact) mass is 319 g/mol. The third-order valence-electron chi connectivity index (χ3n) is 1.94. The van der Waals surface area contributed by atoms with E-state index >= 15 is 0 Å². The largest absolute Gasteiger partial charge is 0.481 e. The lowest BCUT2D eigenvalue weighted by Crippen LogP contribution is -2.18. The second-order valence-electron chi connectivity index (χ2n) is 3.15. The van der Waals surface area contributed by atoms with Crippen molar-refractivity contribution in [1.82, 2.24) is 5.32 Å². The molecular weight excluding hydrogens is 305 g/mol. The van der Waals surface area contributed by atoms with Gasteiger partial charge in [0.2, 0.25) is 0 Å². The molecule has 0 aliphatic heterocycles. The van der Waals surface area contributed by atoms with Crippen molar-refractivity contribution >= 4 is 28.3 Å². The molecule has 0 atom stereocenters. The standard InChI is InChI=1S/C12H14BrNO2.ClH/c1-2-7-16-12-4-3-11(13)8-10(12)9-14-5-6-15;/h1,3-4,8,14-15H,5-7,9H2;1H. The lowest BCUT2D eigenvalue weighted by molar-refractivity contribution is 0.291. The van der Waals surface area contributed by atoms with E-state index in [2.05, 4.69) is 27.2 Å². The first-order valence-corrected chi connectivity index (χ1v) is 5.73. The molecule has 0 saturated heterocycles. The summed E-state index contributed by atoms with van der Waals surface area (Å²) in [7, 11) is 0. The third-order valence-corrected chi connectivity index (χ3v) is 2.43. The zero-order chi connectivity index (χ0) is 11.8. The Morgan fingerprint density at radius 1 is 1.47 bits per heavy atom. The van der Waals surface area contributed by atoms with Gasteiger partial charge in [-0.05, 0) is 18.2 Å². The fourth-order valence-electron chi connectivity index (χ4n) is 1.25. The Kier molecular flexibility index (Phi) is 8.92. The highest BCUT2D eigenvalue weighted by molar-refractivity contribution is 9.10. The molecule has 94 valence electrons. The Morgan fingerprint density at radius 3 is 2.88 bits per heavy atom. The van der Waals surface area contributed by atoms with Crippen molar-refractivity contribution in [2.45, 2.75) is 6.54 Å². The van der Waals surface area contributed by atoms with E-state index in [1.807, 2.05) is 18.2 Å². The van der Waals surface area contributed by atoms with Crippen LogP contribution in [0.3, 0.4) is 0 Å². The summed E-state index contributed by atoms with van der Waals surface area (Å²) in [6.45, 7) is 1.57. The number of aliphatic hydroxyl groups is 1. The molecule has 0 spiro atoms. The van der Waals surface area contributed by atoms with Crippen LogP contribution in [-0.4, -0.2) is 24.9 Å². The summed E-state index contributed by atoms with van der Waals surface area (Å²) in [6.07, 6.45) is 5.15. The number of terminal acetylenes is 1. The van der Waals surface area contributed by atoms with Crippen molar-refractivity contribution in [3.8, 4) is 18.1 Å². The fraction of sp³-hybridized carbons (Fsp3) is 0.333. The minimum Gasteiger partial charge on any atom is -0.481 e. The zero-order valence-electron chi connectivity index (χ0n) is 9.28. The van der Waals surface area contributed by atoms with Crippen molar-refractivity contribution < 1.29 is 9.84 Å². The minimum absolute atomic E-state index is 0. The first-order chi connectivity index (χ1) is 7.77. The van der Waals surface area contributed by atoms with E-state index in [1.165, 1.54) is 0 Å². The van der Waals surface area contributed by atoms with Crippen molar-refractivity contribution in [3.05, 3.63) is 28.2 Å². The maximum absolute atomic E-state index is 8.68. The number of rotatable bonds is 6. The van der Waals surface area contributed by atoms with Crippen LogP contribution < -0.4 is 10.1 Å². The van der Waals surface area contributed by atoms with Crippen molar-refractivity contribution in [1.29, 1.82) is 0 Å². The molecule has 0 aliphatic rings. The highest BCUT2D eigenvalue weighted by Crippen LogP contribution is 2.23. The van der Waals surface area contributed by atoms with Gasteiger partial charge in [0.25, 0.3) is 0 Å². The number of hydrogen-bond acceptors (Lipinski definition) is 3. The highest BCUT2D eigenvalue weighted by atomic mass is 79.9. The molecule has 0 unspecified atom stereocenters. The maximum atomic E-state index is 8.68. The lowest BCUT2D eigenvalue weighted by atomic mass is 10.2. The molecule has 17 heavy (non-hydrogen) atoms. The van der Waals surface area contributed by atoms with Crippen LogP contribution in [0.25, 0.3) is 0 Å². The summed E-state index contributed by atoms with van der Waals surface area (Å²) in [5, 5.41) is 11.8. The normalized spacial score (nSPS) is 9.24. The number of nitrogens with one attached hydrogen (secondary N) is 1. The smallest absolute Gasteiger partial charge is 0.148 e. The Balaban J connectivity index is 0.00000256. The van der Waals surface area contributed by atoms with E-state index in [4.69, 9.17) is 16.3 Å². The van der Waals surface area contributed by atoms with Gasteiger partial charge < -0.3 is 15.2 Å². The fourth-order valence-corrected chi connectivity index (χ4v) is 1.66. The molecule has 0 fully saturated rings. The first kappa shape index (κ1) is 16.3. The second kappa shape index (κ2) is 9.32. The predicted octanol–water partition coefficient (Wildman–Crippen LogP) is 1.96. The van der Waals surface area contributed by atoms with Gasteiger partial charge in [0.1, 0.15) is 12.4 Å². The highest BCUT2D eigenvalue weighted by Gasteiger charge is 2.03. The van der Waals surface area contributed by atoms with Gasteiger partial charge in [-0.1, -0.05) is 21.9 Å². The zero-order valence-corrected chi connectivity index (χ0v) is 11.7. The van der Waals surface area contributed by atoms with Crippen LogP contribution in [0.1, 0.15) is 5.56 Å². The van der Waals surface area contributed by atoms with Gasteiger partial charge >= 0.3 is 0 Å². The van der Waals surface area contributed by atoms with Crippen LogP contribution >= 0.6 is 28.3 Å². The number of benzene rings is 1. The number of halogens is 2. The summed E-state index contributed by atoms with van der Waals surface area (Å²) < 4.78 is 6.40. The van der Waals surface area contributed by atoms with Gasteiger partial charge in [0, 0.05) is 23.1 Å². The van der Waals surface area contributed by atoms with E-state index in [1.54, 1.807) is 0 Å². The lowest BCUT2D eigenvalue weighted by Gasteiger charge is -2.10. The Hall–Kier alpha value is -0.730. The maximum Gasteiger partial charge on any atom is 0.148 e. The topological polar surface area (TPSA) is 41.5 Å². The van der Waals surface area contributed by atoms with E-state index in [9.17, 15) is 0 Å². The molecule has 0 saturated carbocycles. The molecule has 1 aromatic carbocycles. The van der Waals surface area contributed by atoms with Gasteiger partial charge in [-0.25, -0.2) is 0 Å². The number of aliphatic hydroxyl groups excluding tert-OH is 1. The summed E-state index contributed by atoms with van der Waals surface area (Å²) in [4.78, 5) is 0. The molecule has 3 nitrogen and oxygen atoms in total. The van der Waals surface area contributed by atoms with Gasteiger partial charge in [-0.3, -0.25) is 0 Å². The molecule has 0 heterocycles. The van der Waals surface area contributed by atoms with Crippen molar-refractivity contribution in [2.75, 3.05) is 19.8 Å². The van der Waals surface area contributed by atoms with E-state index in [-0.39, 0.29) is 25.6 Å². The molecular formula is C12H15BrClNO2. The van der Waals surface area contributed by atoms with Crippen LogP contribution in [0.15, 0.2) is 22.7 Å². The van der Waals surface area contributed by atoms with Crippen LogP contribution in [-0.2, 0) is 6.54 Å². The quantitative estimate of drug-likeness (QED) is 0.622. The molecule has 1 rings (SSSR count). The Labute approximate surface area is 116 Å². The molecule has 0 bridgehead atoms. The van der Waals surface area contributed by atoms with E-state index < -0.39 is 0 Å².